The highest BCUT2D eigenvalue weighted by Crippen LogP contribution is 2.32. The van der Waals surface area contributed by atoms with Gasteiger partial charge in [-0.1, -0.05) is 18.2 Å². The van der Waals surface area contributed by atoms with Crippen LogP contribution in [-0.2, 0) is 21.4 Å². The Bertz CT molecular complexity index is 1380. The lowest BCUT2D eigenvalue weighted by Gasteiger charge is -2.33. The molecule has 1 aliphatic rings. The van der Waals surface area contributed by atoms with Crippen LogP contribution in [0.4, 0.5) is 5.69 Å². The van der Waals surface area contributed by atoms with Crippen molar-refractivity contribution in [2.75, 3.05) is 30.9 Å². The minimum absolute atomic E-state index is 0.130. The number of anilines is 1. The second-order valence-corrected chi connectivity index (χ2v) is 11.9. The Hall–Kier alpha value is -2.73. The molecule has 11 heteroatoms. The van der Waals surface area contributed by atoms with Gasteiger partial charge in [0, 0.05) is 56.1 Å². The number of rotatable bonds is 6. The van der Waals surface area contributed by atoms with Crippen LogP contribution >= 0.6 is 22.7 Å². The number of thiophene rings is 1. The molecule has 0 unspecified atom stereocenters. The first-order valence-electron chi connectivity index (χ1n) is 10.5. The van der Waals surface area contributed by atoms with Crippen LogP contribution in [0, 0.1) is 0 Å². The Kier molecular flexibility index (Phi) is 5.95. The lowest BCUT2D eigenvalue weighted by molar-refractivity contribution is -0.130. The number of benzene rings is 1. The van der Waals surface area contributed by atoms with Crippen molar-refractivity contribution in [2.45, 2.75) is 17.7 Å². The molecular formula is C22H23N5O3S3. The first-order chi connectivity index (χ1) is 15.9. The fraction of sp³-hybridized carbons (Fsp3) is 0.273. The van der Waals surface area contributed by atoms with Gasteiger partial charge in [0.25, 0.3) is 10.0 Å². The highest BCUT2D eigenvalue weighted by molar-refractivity contribution is 7.94. The number of thiazole rings is 1. The Morgan fingerprint density at radius 3 is 2.73 bits per heavy atom. The van der Waals surface area contributed by atoms with Crippen molar-refractivity contribution in [3.05, 3.63) is 52.9 Å². The molecular weight excluding hydrogens is 478 g/mol. The summed E-state index contributed by atoms with van der Waals surface area (Å²) < 4.78 is 28.3. The molecule has 4 aromatic rings. The van der Waals surface area contributed by atoms with Gasteiger partial charge in [-0.25, -0.2) is 13.4 Å². The van der Waals surface area contributed by atoms with Gasteiger partial charge in [-0.3, -0.25) is 14.4 Å². The van der Waals surface area contributed by atoms with Gasteiger partial charge >= 0.3 is 0 Å². The smallest absolute Gasteiger partial charge is 0.271 e. The molecule has 172 valence electrons. The number of hydrogen-bond acceptors (Lipinski definition) is 7. The summed E-state index contributed by atoms with van der Waals surface area (Å²) in [5.74, 6) is 0.130. The third-order valence-corrected chi connectivity index (χ3v) is 9.42. The van der Waals surface area contributed by atoms with E-state index in [2.05, 4.69) is 19.6 Å². The number of nitrogens with zero attached hydrogens (tertiary/aromatic N) is 3. The minimum Gasteiger partial charge on any atom is -0.351 e. The van der Waals surface area contributed by atoms with E-state index in [0.29, 0.717) is 5.69 Å². The molecule has 5 rings (SSSR count). The molecule has 1 aromatic carbocycles. The van der Waals surface area contributed by atoms with Gasteiger partial charge in [-0.2, -0.15) is 0 Å². The van der Waals surface area contributed by atoms with Gasteiger partial charge in [-0.15, -0.1) is 22.7 Å². The van der Waals surface area contributed by atoms with Crippen molar-refractivity contribution in [2.24, 2.45) is 0 Å². The van der Waals surface area contributed by atoms with E-state index in [4.69, 9.17) is 0 Å². The van der Waals surface area contributed by atoms with Crippen LogP contribution in [0.3, 0.4) is 0 Å². The third-order valence-electron chi connectivity index (χ3n) is 5.64. The second kappa shape index (κ2) is 8.90. The van der Waals surface area contributed by atoms with Crippen LogP contribution in [0.25, 0.3) is 21.6 Å². The summed E-state index contributed by atoms with van der Waals surface area (Å²) in [4.78, 5) is 24.8. The second-order valence-electron chi connectivity index (χ2n) is 7.90. The van der Waals surface area contributed by atoms with Crippen molar-refractivity contribution >= 4 is 55.2 Å². The number of carbonyl (C=O) groups is 1. The molecule has 1 saturated heterocycles. The zero-order valence-electron chi connectivity index (χ0n) is 17.9. The molecule has 1 amide bonds. The normalized spacial score (nSPS) is 15.2. The van der Waals surface area contributed by atoms with E-state index >= 15 is 0 Å². The van der Waals surface area contributed by atoms with E-state index in [9.17, 15) is 13.2 Å². The highest BCUT2D eigenvalue weighted by Gasteiger charge is 2.20. The molecule has 4 heterocycles. The number of amides is 1. The van der Waals surface area contributed by atoms with E-state index in [0.717, 1.165) is 59.2 Å². The number of hydrogen-bond donors (Lipinski definition) is 2. The maximum atomic E-state index is 12.7. The van der Waals surface area contributed by atoms with E-state index in [1.807, 2.05) is 29.3 Å². The number of H-pyrrole nitrogens is 1. The number of aromatic nitrogens is 2. The number of carbonyl (C=O) groups excluding carboxylic acids is 1. The van der Waals surface area contributed by atoms with Crippen LogP contribution in [0.15, 0.2) is 52.2 Å². The van der Waals surface area contributed by atoms with Gasteiger partial charge in [0.05, 0.1) is 16.9 Å². The molecule has 0 spiro atoms. The fourth-order valence-corrected chi connectivity index (χ4v) is 6.91. The molecule has 8 nitrogen and oxygen atoms in total. The van der Waals surface area contributed by atoms with Crippen LogP contribution < -0.4 is 4.72 Å². The van der Waals surface area contributed by atoms with E-state index in [1.54, 1.807) is 41.8 Å². The van der Waals surface area contributed by atoms with Crippen molar-refractivity contribution in [1.82, 2.24) is 19.8 Å². The minimum atomic E-state index is -3.63. The molecule has 0 radical (unpaired) electrons. The molecule has 3 aromatic heterocycles. The lowest BCUT2D eigenvalue weighted by atomic mass is 10.2. The molecule has 2 N–H and O–H groups in total. The lowest BCUT2D eigenvalue weighted by Crippen LogP contribution is -2.47. The molecule has 0 atom stereocenters. The van der Waals surface area contributed by atoms with Crippen LogP contribution in [0.1, 0.15) is 11.8 Å². The molecule has 33 heavy (non-hydrogen) atoms. The van der Waals surface area contributed by atoms with Crippen LogP contribution in [0.2, 0.25) is 0 Å². The first-order valence-corrected chi connectivity index (χ1v) is 13.7. The first kappa shape index (κ1) is 22.1. The van der Waals surface area contributed by atoms with Gasteiger partial charge in [0.2, 0.25) is 5.91 Å². The summed E-state index contributed by atoms with van der Waals surface area (Å²) >= 11 is 2.80. The standard InChI is InChI=1S/C22H23N5O3S3/c1-15(28)27-9-7-26(8-10-27)14-17-13-23-22(32-17)19-12-16-4-2-5-18(21(16)24-19)25-33(29,30)20-6-3-11-31-20/h2-6,11-13,24-25H,7-10,14H2,1H3. The number of para-hydroxylation sites is 1. The Morgan fingerprint density at radius 1 is 1.18 bits per heavy atom. The Balaban J connectivity index is 1.34. The summed E-state index contributed by atoms with van der Waals surface area (Å²) in [6.07, 6.45) is 1.89. The van der Waals surface area contributed by atoms with Crippen molar-refractivity contribution < 1.29 is 13.2 Å². The van der Waals surface area contributed by atoms with Crippen molar-refractivity contribution in [3.63, 3.8) is 0 Å². The Labute approximate surface area is 199 Å². The third kappa shape index (κ3) is 4.67. The number of nitrogens with one attached hydrogen (secondary N) is 2. The largest absolute Gasteiger partial charge is 0.351 e. The van der Waals surface area contributed by atoms with Crippen molar-refractivity contribution in [1.29, 1.82) is 0 Å². The monoisotopic (exact) mass is 501 g/mol. The van der Waals surface area contributed by atoms with Gasteiger partial charge in [0.1, 0.15) is 9.22 Å². The molecule has 1 aliphatic heterocycles. The quantitative estimate of drug-likeness (QED) is 0.419. The summed E-state index contributed by atoms with van der Waals surface area (Å²) in [5, 5.41) is 3.51. The van der Waals surface area contributed by atoms with Crippen LogP contribution in [0.5, 0.6) is 0 Å². The molecule has 0 bridgehead atoms. The average Bonchev–Trinajstić information content (AvgIpc) is 3.54. The summed E-state index contributed by atoms with van der Waals surface area (Å²) in [6.45, 7) is 5.64. The molecule has 0 saturated carbocycles. The topological polar surface area (TPSA) is 98.4 Å². The van der Waals surface area contributed by atoms with E-state index < -0.39 is 10.0 Å². The Morgan fingerprint density at radius 2 is 2.00 bits per heavy atom. The summed E-state index contributed by atoms with van der Waals surface area (Å²) in [7, 11) is -3.63. The van der Waals surface area contributed by atoms with Crippen molar-refractivity contribution in [3.8, 4) is 10.7 Å². The maximum Gasteiger partial charge on any atom is 0.271 e. The average molecular weight is 502 g/mol. The molecule has 0 aliphatic carbocycles. The maximum absolute atomic E-state index is 12.7. The number of aromatic amines is 1. The zero-order valence-corrected chi connectivity index (χ0v) is 20.4. The van der Waals surface area contributed by atoms with Gasteiger partial charge in [0.15, 0.2) is 0 Å². The highest BCUT2D eigenvalue weighted by atomic mass is 32.2. The molecule has 1 fully saturated rings. The number of fused-ring (bicyclic) bond motifs is 1. The number of piperazine rings is 1. The van der Waals surface area contributed by atoms with Gasteiger partial charge in [-0.05, 0) is 23.6 Å². The SMILES string of the molecule is CC(=O)N1CCN(Cc2cnc(-c3cc4cccc(NS(=O)(=O)c5cccs5)c4[nH]3)s2)CC1. The van der Waals surface area contributed by atoms with E-state index in [1.165, 1.54) is 11.3 Å². The zero-order chi connectivity index (χ0) is 23.0. The fourth-order valence-electron chi connectivity index (χ4n) is 3.91. The summed E-state index contributed by atoms with van der Waals surface area (Å²) in [6, 6.07) is 10.8. The predicted molar refractivity (Wildman–Crippen MR) is 132 cm³/mol. The predicted octanol–water partition coefficient (Wildman–Crippen LogP) is 3.82. The van der Waals surface area contributed by atoms with Gasteiger partial charge < -0.3 is 9.88 Å². The van der Waals surface area contributed by atoms with E-state index in [-0.39, 0.29) is 10.1 Å². The van der Waals surface area contributed by atoms with Crippen LogP contribution in [-0.4, -0.2) is 60.3 Å². The summed E-state index contributed by atoms with van der Waals surface area (Å²) in [5.41, 5.74) is 2.09. The number of sulfonamides is 1.